The Kier molecular flexibility index (Phi) is 3.74. The van der Waals surface area contributed by atoms with Crippen LogP contribution in [-0.4, -0.2) is 13.6 Å². The Morgan fingerprint density at radius 2 is 2.14 bits per heavy atom. The van der Waals surface area contributed by atoms with Gasteiger partial charge in [-0.15, -0.1) is 11.6 Å². The molecule has 1 aromatic rings. The van der Waals surface area contributed by atoms with Gasteiger partial charge < -0.3 is 0 Å². The third-order valence-corrected chi connectivity index (χ3v) is 3.69. The Hall–Kier alpha value is -0.330. The molecule has 0 radical (unpaired) electrons. The van der Waals surface area contributed by atoms with Crippen molar-refractivity contribution in [2.24, 2.45) is 0 Å². The monoisotopic (exact) mass is 301 g/mol. The number of alkyl halides is 1. The molecule has 0 fully saturated rings. The van der Waals surface area contributed by atoms with E-state index in [0.29, 0.717) is 4.47 Å². The van der Waals surface area contributed by atoms with Gasteiger partial charge in [-0.3, -0.25) is 4.72 Å². The highest BCUT2D eigenvalue weighted by Gasteiger charge is 2.13. The number of nitrogens with one attached hydrogen (secondary N) is 1. The van der Waals surface area contributed by atoms with Crippen LogP contribution < -0.4 is 4.72 Å². The molecule has 0 aliphatic carbocycles. The second-order valence-corrected chi connectivity index (χ2v) is 5.58. The van der Waals surface area contributed by atoms with E-state index in [1.807, 2.05) is 4.72 Å². The molecule has 0 aliphatic heterocycles. The zero-order valence-corrected chi connectivity index (χ0v) is 9.96. The van der Waals surface area contributed by atoms with Crippen molar-refractivity contribution in [1.82, 2.24) is 0 Å². The molecule has 0 bridgehead atoms. The summed E-state index contributed by atoms with van der Waals surface area (Å²) in [4.78, 5) is 0. The standard InChI is InChI=1S/C7H6BrClFNO2S/c8-5-2-1-3-6(10)7(5)11-14(12,13)4-9/h1-3,11H,4H2. The number of sulfonamides is 1. The molecule has 3 nitrogen and oxygen atoms in total. The maximum Gasteiger partial charge on any atom is 0.246 e. The summed E-state index contributed by atoms with van der Waals surface area (Å²) in [6.07, 6.45) is 0. The lowest BCUT2D eigenvalue weighted by molar-refractivity contribution is 0.602. The van der Waals surface area contributed by atoms with Crippen LogP contribution in [0.5, 0.6) is 0 Å². The van der Waals surface area contributed by atoms with Gasteiger partial charge in [-0.1, -0.05) is 6.07 Å². The van der Waals surface area contributed by atoms with Crippen molar-refractivity contribution in [1.29, 1.82) is 0 Å². The van der Waals surface area contributed by atoms with Crippen LogP contribution in [-0.2, 0) is 10.0 Å². The Bertz CT molecular complexity index is 417. The second kappa shape index (κ2) is 4.46. The molecule has 0 aromatic heterocycles. The predicted octanol–water partition coefficient (Wildman–Crippen LogP) is 2.53. The first-order chi connectivity index (χ1) is 6.46. The van der Waals surface area contributed by atoms with E-state index in [2.05, 4.69) is 15.9 Å². The average molecular weight is 303 g/mol. The summed E-state index contributed by atoms with van der Waals surface area (Å²) in [7, 11) is -3.67. The molecule has 0 saturated heterocycles. The Morgan fingerprint density at radius 3 is 2.64 bits per heavy atom. The van der Waals surface area contributed by atoms with Gasteiger partial charge in [0.25, 0.3) is 0 Å². The number of hydrogen-bond acceptors (Lipinski definition) is 2. The van der Waals surface area contributed by atoms with E-state index in [0.717, 1.165) is 6.07 Å². The Balaban J connectivity index is 3.09. The fourth-order valence-corrected chi connectivity index (χ4v) is 2.09. The summed E-state index contributed by atoms with van der Waals surface area (Å²) >= 11 is 8.18. The lowest BCUT2D eigenvalue weighted by Crippen LogP contribution is -2.14. The van der Waals surface area contributed by atoms with Crippen molar-refractivity contribution >= 4 is 43.2 Å². The number of anilines is 1. The molecular weight excluding hydrogens is 297 g/mol. The van der Waals surface area contributed by atoms with Crippen molar-refractivity contribution in [3.63, 3.8) is 0 Å². The van der Waals surface area contributed by atoms with Crippen LogP contribution in [0.3, 0.4) is 0 Å². The summed E-state index contributed by atoms with van der Waals surface area (Å²) in [6.45, 7) is 0. The molecule has 0 unspecified atom stereocenters. The minimum Gasteiger partial charge on any atom is -0.278 e. The van der Waals surface area contributed by atoms with Gasteiger partial charge in [-0.2, -0.15) is 0 Å². The minimum atomic E-state index is -3.67. The summed E-state index contributed by atoms with van der Waals surface area (Å²) in [6, 6.07) is 4.13. The smallest absolute Gasteiger partial charge is 0.246 e. The van der Waals surface area contributed by atoms with E-state index in [4.69, 9.17) is 11.6 Å². The highest BCUT2D eigenvalue weighted by molar-refractivity contribution is 9.10. The average Bonchev–Trinajstić information content (AvgIpc) is 2.12. The number of benzene rings is 1. The topological polar surface area (TPSA) is 46.2 Å². The molecule has 0 amide bonds. The van der Waals surface area contributed by atoms with Crippen molar-refractivity contribution in [2.75, 3.05) is 9.93 Å². The van der Waals surface area contributed by atoms with Crippen LogP contribution in [0.2, 0.25) is 0 Å². The summed E-state index contributed by atoms with van der Waals surface area (Å²) < 4.78 is 37.6. The lowest BCUT2D eigenvalue weighted by Gasteiger charge is -2.07. The van der Waals surface area contributed by atoms with Gasteiger partial charge in [-0.05, 0) is 28.1 Å². The number of para-hydroxylation sites is 1. The van der Waals surface area contributed by atoms with Crippen molar-refractivity contribution in [3.05, 3.63) is 28.5 Å². The van der Waals surface area contributed by atoms with Crippen molar-refractivity contribution < 1.29 is 12.8 Å². The maximum absolute atomic E-state index is 13.1. The molecular formula is C7H6BrClFNO2S. The van der Waals surface area contributed by atoms with E-state index in [1.54, 1.807) is 0 Å². The first-order valence-electron chi connectivity index (χ1n) is 3.47. The molecule has 1 N–H and O–H groups in total. The van der Waals surface area contributed by atoms with Crippen LogP contribution in [0.15, 0.2) is 22.7 Å². The van der Waals surface area contributed by atoms with E-state index >= 15 is 0 Å². The van der Waals surface area contributed by atoms with Crippen LogP contribution in [0.25, 0.3) is 0 Å². The molecule has 0 aliphatic rings. The summed E-state index contributed by atoms with van der Waals surface area (Å²) in [5.41, 5.74) is -0.131. The largest absolute Gasteiger partial charge is 0.278 e. The van der Waals surface area contributed by atoms with Gasteiger partial charge in [0.15, 0.2) is 0 Å². The number of hydrogen-bond donors (Lipinski definition) is 1. The molecule has 7 heteroatoms. The molecule has 0 spiro atoms. The van der Waals surface area contributed by atoms with Crippen molar-refractivity contribution in [2.45, 2.75) is 0 Å². The fourth-order valence-electron chi connectivity index (χ4n) is 0.778. The molecule has 1 rings (SSSR count). The molecule has 14 heavy (non-hydrogen) atoms. The Labute approximate surface area is 94.4 Å². The van der Waals surface area contributed by atoms with E-state index in [1.165, 1.54) is 12.1 Å². The predicted molar refractivity (Wildman–Crippen MR) is 57.4 cm³/mol. The molecule has 1 aromatic carbocycles. The maximum atomic E-state index is 13.1. The quantitative estimate of drug-likeness (QED) is 0.872. The lowest BCUT2D eigenvalue weighted by atomic mass is 10.3. The van der Waals surface area contributed by atoms with Gasteiger partial charge in [0.05, 0.1) is 5.69 Å². The third-order valence-electron chi connectivity index (χ3n) is 1.36. The highest BCUT2D eigenvalue weighted by atomic mass is 79.9. The van der Waals surface area contributed by atoms with Gasteiger partial charge in [0.2, 0.25) is 10.0 Å². The summed E-state index contributed by atoms with van der Waals surface area (Å²) in [5.74, 6) is -0.659. The van der Waals surface area contributed by atoms with Crippen LogP contribution in [0, 0.1) is 5.82 Å². The third kappa shape index (κ3) is 2.83. The van der Waals surface area contributed by atoms with Gasteiger partial charge in [0.1, 0.15) is 11.0 Å². The number of rotatable bonds is 3. The van der Waals surface area contributed by atoms with Crippen LogP contribution >= 0.6 is 27.5 Å². The minimum absolute atomic E-state index is 0.131. The van der Waals surface area contributed by atoms with E-state index in [-0.39, 0.29) is 5.69 Å². The van der Waals surface area contributed by atoms with Gasteiger partial charge in [0, 0.05) is 4.47 Å². The SMILES string of the molecule is O=S(=O)(CCl)Nc1c(F)cccc1Br. The first kappa shape index (κ1) is 11.7. The van der Waals surface area contributed by atoms with Gasteiger partial charge >= 0.3 is 0 Å². The van der Waals surface area contributed by atoms with Gasteiger partial charge in [-0.25, -0.2) is 12.8 Å². The van der Waals surface area contributed by atoms with Crippen LogP contribution in [0.4, 0.5) is 10.1 Å². The molecule has 0 saturated carbocycles. The van der Waals surface area contributed by atoms with E-state index in [9.17, 15) is 12.8 Å². The van der Waals surface area contributed by atoms with Crippen LogP contribution in [0.1, 0.15) is 0 Å². The zero-order valence-electron chi connectivity index (χ0n) is 6.80. The number of halogens is 3. The summed E-state index contributed by atoms with van der Waals surface area (Å²) in [5, 5.41) is -0.617. The molecule has 78 valence electrons. The molecule has 0 atom stereocenters. The Morgan fingerprint density at radius 1 is 1.50 bits per heavy atom. The zero-order chi connectivity index (χ0) is 10.8. The fraction of sp³-hybridized carbons (Fsp3) is 0.143. The highest BCUT2D eigenvalue weighted by Crippen LogP contribution is 2.26. The second-order valence-electron chi connectivity index (χ2n) is 2.42. The first-order valence-corrected chi connectivity index (χ1v) is 6.45. The normalized spacial score (nSPS) is 11.4. The van der Waals surface area contributed by atoms with E-state index < -0.39 is 21.1 Å². The van der Waals surface area contributed by atoms with Crippen molar-refractivity contribution in [3.8, 4) is 0 Å². The molecule has 0 heterocycles.